The van der Waals surface area contributed by atoms with Gasteiger partial charge in [-0.25, -0.2) is 21.6 Å². The van der Waals surface area contributed by atoms with Gasteiger partial charge in [0, 0.05) is 25.2 Å². The second-order valence-electron chi connectivity index (χ2n) is 11.9. The summed E-state index contributed by atoms with van der Waals surface area (Å²) < 4.78 is 162. The van der Waals surface area contributed by atoms with Crippen LogP contribution in [0.5, 0.6) is 0 Å². The van der Waals surface area contributed by atoms with Crippen LogP contribution in [0, 0.1) is 23.4 Å². The largest absolute Gasteiger partial charge is 0.430 e. The molecular weight excluding hydrogens is 665 g/mol. The van der Waals surface area contributed by atoms with Crippen molar-refractivity contribution in [2.75, 3.05) is 14.1 Å². The minimum Gasteiger partial charge on any atom is -0.349 e. The summed E-state index contributed by atoms with van der Waals surface area (Å²) in [6.07, 6.45) is -12.0. The number of alkyl halides is 6. The zero-order valence-electron chi connectivity index (χ0n) is 24.9. The molecule has 15 heteroatoms. The molecule has 2 atom stereocenters. The van der Waals surface area contributed by atoms with Crippen molar-refractivity contribution in [2.45, 2.75) is 65.8 Å². The van der Waals surface area contributed by atoms with Crippen LogP contribution in [0.2, 0.25) is 0 Å². The van der Waals surface area contributed by atoms with Gasteiger partial charge in [0.25, 0.3) is 5.60 Å². The Morgan fingerprint density at radius 3 is 1.96 bits per heavy atom. The summed E-state index contributed by atoms with van der Waals surface area (Å²) in [5.41, 5.74) is -8.39. The molecule has 2 aliphatic carbocycles. The molecule has 2 saturated carbocycles. The fourth-order valence-electron chi connectivity index (χ4n) is 6.20. The third kappa shape index (κ3) is 5.58. The van der Waals surface area contributed by atoms with E-state index in [1.54, 1.807) is 0 Å². The average Bonchev–Trinajstić information content (AvgIpc) is 3.70. The lowest BCUT2D eigenvalue weighted by Crippen LogP contribution is -2.56. The van der Waals surface area contributed by atoms with Gasteiger partial charge in [-0.2, -0.15) is 26.3 Å². The number of carbonyl (C=O) groups is 1. The zero-order valence-corrected chi connectivity index (χ0v) is 25.7. The normalized spacial score (nSPS) is 20.5. The highest BCUT2D eigenvalue weighted by Gasteiger charge is 2.75. The van der Waals surface area contributed by atoms with Crippen LogP contribution in [0.15, 0.2) is 65.6 Å². The Labute approximate surface area is 264 Å². The predicted molar refractivity (Wildman–Crippen MR) is 150 cm³/mol. The highest BCUT2D eigenvalue weighted by atomic mass is 32.2. The van der Waals surface area contributed by atoms with Crippen LogP contribution in [-0.4, -0.2) is 45.7 Å². The van der Waals surface area contributed by atoms with E-state index in [-0.39, 0.29) is 24.8 Å². The second kappa shape index (κ2) is 11.8. The van der Waals surface area contributed by atoms with E-state index in [0.717, 1.165) is 47.4 Å². The molecule has 254 valence electrons. The van der Waals surface area contributed by atoms with E-state index in [9.17, 15) is 52.7 Å². The van der Waals surface area contributed by atoms with E-state index in [4.69, 9.17) is 0 Å². The lowest BCUT2D eigenvalue weighted by Gasteiger charge is -2.41. The zero-order chi connectivity index (χ0) is 34.7. The smallest absolute Gasteiger partial charge is 0.349 e. The molecular formula is C32H28F9NO4S. The van der Waals surface area contributed by atoms with Gasteiger partial charge in [-0.1, -0.05) is 30.7 Å². The van der Waals surface area contributed by atoms with Gasteiger partial charge < -0.3 is 9.64 Å². The van der Waals surface area contributed by atoms with Crippen LogP contribution in [0.4, 0.5) is 39.5 Å². The number of amides is 1. The molecule has 2 unspecified atom stereocenters. The number of hydrogen-bond acceptors (Lipinski definition) is 4. The van der Waals surface area contributed by atoms with Crippen molar-refractivity contribution in [3.05, 3.63) is 100 Å². The first-order valence-electron chi connectivity index (χ1n) is 14.4. The summed E-state index contributed by atoms with van der Waals surface area (Å²) in [7, 11) is -1.88. The lowest BCUT2D eigenvalue weighted by molar-refractivity contribution is -0.393. The third-order valence-corrected chi connectivity index (χ3v) is 11.5. The first-order chi connectivity index (χ1) is 21.8. The van der Waals surface area contributed by atoms with Crippen molar-refractivity contribution in [1.82, 2.24) is 4.90 Å². The fraction of sp³-hybridized carbons (Fsp3) is 0.406. The molecule has 2 fully saturated rings. The van der Waals surface area contributed by atoms with E-state index in [2.05, 4.69) is 4.74 Å². The maximum absolute atomic E-state index is 14.9. The van der Waals surface area contributed by atoms with Gasteiger partial charge in [0.1, 0.15) is 22.2 Å². The van der Waals surface area contributed by atoms with Crippen LogP contribution in [0.1, 0.15) is 53.9 Å². The van der Waals surface area contributed by atoms with E-state index in [1.165, 1.54) is 14.1 Å². The summed E-state index contributed by atoms with van der Waals surface area (Å²) in [6.45, 7) is -1.74. The van der Waals surface area contributed by atoms with E-state index >= 15 is 0 Å². The first kappa shape index (κ1) is 34.7. The summed E-state index contributed by atoms with van der Waals surface area (Å²) in [5.74, 6) is -6.41. The molecule has 47 heavy (non-hydrogen) atoms. The SMILES string of the molecule is CN(C)C(=O)C1CC1(c1ccc(C(OCc2c(F)cccc2F)(C(F)(F)F)C(F)(F)F)c(C2CCC2)c1)S(=O)(=O)c1ccc(F)cc1. The van der Waals surface area contributed by atoms with Gasteiger partial charge in [-0.05, 0) is 72.7 Å². The fourth-order valence-corrected chi connectivity index (χ4v) is 8.41. The Kier molecular flexibility index (Phi) is 8.74. The molecule has 0 saturated heterocycles. The Bertz CT molecular complexity index is 1750. The maximum Gasteiger partial charge on any atom is 0.430 e. The van der Waals surface area contributed by atoms with Crippen molar-refractivity contribution in [2.24, 2.45) is 5.92 Å². The van der Waals surface area contributed by atoms with Crippen molar-refractivity contribution >= 4 is 15.7 Å². The van der Waals surface area contributed by atoms with E-state index in [1.807, 2.05) is 0 Å². The number of sulfone groups is 1. The number of ether oxygens (including phenoxy) is 1. The van der Waals surface area contributed by atoms with Crippen molar-refractivity contribution in [3.63, 3.8) is 0 Å². The molecule has 0 spiro atoms. The molecule has 3 aromatic carbocycles. The highest BCUT2D eigenvalue weighted by Crippen LogP contribution is 2.63. The highest BCUT2D eigenvalue weighted by molar-refractivity contribution is 7.92. The lowest BCUT2D eigenvalue weighted by atomic mass is 9.73. The van der Waals surface area contributed by atoms with Crippen LogP contribution in [0.3, 0.4) is 0 Å². The number of benzene rings is 3. The topological polar surface area (TPSA) is 63.7 Å². The van der Waals surface area contributed by atoms with Gasteiger partial charge >= 0.3 is 12.4 Å². The minimum atomic E-state index is -6.21. The van der Waals surface area contributed by atoms with Crippen LogP contribution >= 0.6 is 0 Å². The molecule has 0 aromatic heterocycles. The molecule has 5 nitrogen and oxygen atoms in total. The molecule has 0 bridgehead atoms. The average molecular weight is 694 g/mol. The molecule has 0 heterocycles. The number of hydrogen-bond donors (Lipinski definition) is 0. The number of nitrogens with zero attached hydrogens (tertiary/aromatic N) is 1. The van der Waals surface area contributed by atoms with Crippen molar-refractivity contribution < 1.29 is 57.5 Å². The third-order valence-electron chi connectivity index (χ3n) is 9.01. The standard InChI is InChI=1S/C32H28F9NO4S/c1-42(2)28(43)25-16-29(25,47(44,45)21-12-10-20(33)11-13-21)19-9-14-24(22(15-19)18-5-3-6-18)30(31(36,37)38,32(39,40)41)46-17-23-26(34)7-4-8-27(23)35/h4,7-15,18,25H,3,5-6,16-17H2,1-2H3. The van der Waals surface area contributed by atoms with Crippen molar-refractivity contribution in [1.29, 1.82) is 0 Å². The molecule has 5 rings (SSSR count). The monoisotopic (exact) mass is 693 g/mol. The quantitative estimate of drug-likeness (QED) is 0.170. The second-order valence-corrected chi connectivity index (χ2v) is 14.1. The minimum absolute atomic E-state index is 0.155. The molecule has 2 aliphatic rings. The van der Waals surface area contributed by atoms with Gasteiger partial charge in [0.2, 0.25) is 5.91 Å². The summed E-state index contributed by atoms with van der Waals surface area (Å²) in [5, 5.41) is 0. The number of carbonyl (C=O) groups excluding carboxylic acids is 1. The number of rotatable bonds is 9. The Hall–Kier alpha value is -3.59. The van der Waals surface area contributed by atoms with Crippen LogP contribution < -0.4 is 0 Å². The van der Waals surface area contributed by atoms with Crippen LogP contribution in [-0.2, 0) is 36.3 Å². The Morgan fingerprint density at radius 1 is 0.894 bits per heavy atom. The molecule has 1 amide bonds. The Balaban J connectivity index is 1.74. The first-order valence-corrected chi connectivity index (χ1v) is 15.8. The van der Waals surface area contributed by atoms with Gasteiger partial charge in [-0.15, -0.1) is 0 Å². The molecule has 0 aliphatic heterocycles. The van der Waals surface area contributed by atoms with E-state index in [0.29, 0.717) is 24.6 Å². The van der Waals surface area contributed by atoms with Gasteiger partial charge in [0.15, 0.2) is 9.84 Å². The van der Waals surface area contributed by atoms with Gasteiger partial charge in [0.05, 0.1) is 17.4 Å². The maximum atomic E-state index is 14.9. The summed E-state index contributed by atoms with van der Waals surface area (Å²) in [4.78, 5) is 13.8. The predicted octanol–water partition coefficient (Wildman–Crippen LogP) is 7.69. The molecule has 3 aromatic rings. The van der Waals surface area contributed by atoms with E-state index < -0.39 is 95.9 Å². The van der Waals surface area contributed by atoms with Crippen LogP contribution in [0.25, 0.3) is 0 Å². The Morgan fingerprint density at radius 2 is 1.47 bits per heavy atom. The van der Waals surface area contributed by atoms with Gasteiger partial charge in [-0.3, -0.25) is 4.79 Å². The molecule has 0 N–H and O–H groups in total. The number of halogens is 9. The summed E-state index contributed by atoms with van der Waals surface area (Å²) >= 11 is 0. The molecule has 0 radical (unpaired) electrons. The van der Waals surface area contributed by atoms with Crippen molar-refractivity contribution in [3.8, 4) is 0 Å². The summed E-state index contributed by atoms with van der Waals surface area (Å²) in [6, 6.07) is 8.01.